The zero-order valence-corrected chi connectivity index (χ0v) is 16.2. The summed E-state index contributed by atoms with van der Waals surface area (Å²) < 4.78 is 0. The van der Waals surface area contributed by atoms with Crippen molar-refractivity contribution in [3.05, 3.63) is 35.4 Å². The summed E-state index contributed by atoms with van der Waals surface area (Å²) >= 11 is 0. The molecule has 126 valence electrons. The quantitative estimate of drug-likeness (QED) is 0.507. The Morgan fingerprint density at radius 2 is 2.00 bits per heavy atom. The molecule has 2 rings (SSSR count). The van der Waals surface area contributed by atoms with E-state index in [1.807, 2.05) is 12.1 Å². The first kappa shape index (κ1) is 21.2. The zero-order chi connectivity index (χ0) is 17.0. The van der Waals surface area contributed by atoms with Crippen LogP contribution in [0.15, 0.2) is 24.3 Å². The summed E-state index contributed by atoms with van der Waals surface area (Å²) in [5.74, 6) is -0.549. The number of carbonyl (C=O) groups excluding carboxylic acids is 1. The number of aliphatic hydroxyl groups excluding tert-OH is 2. The molecule has 24 heavy (non-hydrogen) atoms. The Kier molecular flexibility index (Phi) is 8.46. The van der Waals surface area contributed by atoms with Crippen molar-refractivity contribution in [3.8, 4) is 5.75 Å². The number of aromatic hydroxyl groups is 1. The first-order chi connectivity index (χ1) is 10.9. The first-order valence-electron chi connectivity index (χ1n) is 7.94. The SMILES string of the molecule is CC1C=Cc2cc(O)ccc2C1CCC(O)CC(O)CC(=O)[O-].[Na+]. The van der Waals surface area contributed by atoms with Gasteiger partial charge >= 0.3 is 29.6 Å². The van der Waals surface area contributed by atoms with Gasteiger partial charge in [-0.05, 0) is 54.4 Å². The van der Waals surface area contributed by atoms with Crippen LogP contribution in [-0.4, -0.2) is 33.5 Å². The summed E-state index contributed by atoms with van der Waals surface area (Å²) in [6.07, 6.45) is 3.04. The van der Waals surface area contributed by atoms with E-state index in [0.717, 1.165) is 17.5 Å². The molecule has 1 aromatic carbocycles. The van der Waals surface area contributed by atoms with Crippen LogP contribution in [0.4, 0.5) is 0 Å². The van der Waals surface area contributed by atoms with E-state index in [2.05, 4.69) is 13.0 Å². The van der Waals surface area contributed by atoms with Gasteiger partial charge in [0, 0.05) is 12.4 Å². The number of carboxylic acids is 1. The molecule has 0 spiro atoms. The van der Waals surface area contributed by atoms with Crippen molar-refractivity contribution in [1.29, 1.82) is 0 Å². The van der Waals surface area contributed by atoms with Crippen molar-refractivity contribution in [1.82, 2.24) is 0 Å². The fraction of sp³-hybridized carbons (Fsp3) is 0.500. The topological polar surface area (TPSA) is 101 Å². The van der Waals surface area contributed by atoms with E-state index in [0.29, 0.717) is 12.3 Å². The Bertz CT molecular complexity index is 587. The zero-order valence-electron chi connectivity index (χ0n) is 14.2. The molecule has 0 fully saturated rings. The van der Waals surface area contributed by atoms with E-state index < -0.39 is 24.6 Å². The van der Waals surface area contributed by atoms with Gasteiger partial charge in [-0.3, -0.25) is 0 Å². The Morgan fingerprint density at radius 3 is 2.67 bits per heavy atom. The number of aliphatic hydroxyl groups is 2. The summed E-state index contributed by atoms with van der Waals surface area (Å²) in [5, 5.41) is 39.6. The number of phenolic OH excluding ortho intramolecular Hbond substituents is 1. The van der Waals surface area contributed by atoms with E-state index in [1.54, 1.807) is 12.1 Å². The number of carboxylic acid groups (broad SMARTS) is 1. The molecular formula is C18H23NaO5. The number of hydrogen-bond donors (Lipinski definition) is 3. The second kappa shape index (κ2) is 9.59. The van der Waals surface area contributed by atoms with Gasteiger partial charge in [0.1, 0.15) is 5.75 Å². The largest absolute Gasteiger partial charge is 1.00 e. The van der Waals surface area contributed by atoms with Gasteiger partial charge in [0.2, 0.25) is 0 Å². The molecule has 1 aromatic rings. The van der Waals surface area contributed by atoms with Crippen molar-refractivity contribution in [3.63, 3.8) is 0 Å². The standard InChI is InChI=1S/C18H24O5.Na/c1-11-2-3-12-8-13(19)5-7-17(12)16(11)6-4-14(20)9-15(21)10-18(22)23;/h2-3,5,7-8,11,14-16,19-21H,4,6,9-10H2,1H3,(H,22,23);/q;+1/p-1. The van der Waals surface area contributed by atoms with Gasteiger partial charge in [0.25, 0.3) is 0 Å². The molecule has 3 N–H and O–H groups in total. The van der Waals surface area contributed by atoms with E-state index in [-0.39, 0.29) is 47.6 Å². The third-order valence-electron chi connectivity index (χ3n) is 4.44. The van der Waals surface area contributed by atoms with Crippen molar-refractivity contribution in [2.24, 2.45) is 5.92 Å². The first-order valence-corrected chi connectivity index (χ1v) is 7.94. The molecule has 6 heteroatoms. The maximum Gasteiger partial charge on any atom is 1.00 e. The maximum absolute atomic E-state index is 10.4. The van der Waals surface area contributed by atoms with Crippen LogP contribution < -0.4 is 34.7 Å². The van der Waals surface area contributed by atoms with Crippen LogP contribution in [-0.2, 0) is 4.79 Å². The van der Waals surface area contributed by atoms with Crippen LogP contribution in [0.25, 0.3) is 6.08 Å². The van der Waals surface area contributed by atoms with E-state index >= 15 is 0 Å². The van der Waals surface area contributed by atoms with Crippen LogP contribution >= 0.6 is 0 Å². The molecule has 0 saturated heterocycles. The molecule has 0 radical (unpaired) electrons. The summed E-state index contributed by atoms with van der Waals surface area (Å²) in [6.45, 7) is 2.11. The third-order valence-corrected chi connectivity index (χ3v) is 4.44. The Balaban J connectivity index is 0.00000288. The number of hydrogen-bond acceptors (Lipinski definition) is 5. The second-order valence-electron chi connectivity index (χ2n) is 6.33. The minimum Gasteiger partial charge on any atom is -0.550 e. The van der Waals surface area contributed by atoms with Gasteiger partial charge < -0.3 is 25.2 Å². The van der Waals surface area contributed by atoms with Gasteiger partial charge in [0.15, 0.2) is 0 Å². The monoisotopic (exact) mass is 342 g/mol. The summed E-state index contributed by atoms with van der Waals surface area (Å²) in [7, 11) is 0. The van der Waals surface area contributed by atoms with Gasteiger partial charge in [-0.25, -0.2) is 0 Å². The fourth-order valence-electron chi connectivity index (χ4n) is 3.21. The summed E-state index contributed by atoms with van der Waals surface area (Å²) in [5.41, 5.74) is 2.12. The normalized spacial score (nSPS) is 21.5. The molecular weight excluding hydrogens is 319 g/mol. The van der Waals surface area contributed by atoms with Gasteiger partial charge in [0.05, 0.1) is 12.2 Å². The predicted molar refractivity (Wildman–Crippen MR) is 84.5 cm³/mol. The minimum atomic E-state index is -1.32. The van der Waals surface area contributed by atoms with Crippen LogP contribution in [0.3, 0.4) is 0 Å². The molecule has 4 atom stereocenters. The number of allylic oxidation sites excluding steroid dienone is 1. The smallest absolute Gasteiger partial charge is 0.550 e. The van der Waals surface area contributed by atoms with Gasteiger partial charge in [-0.15, -0.1) is 0 Å². The Labute approximate surface area is 164 Å². The van der Waals surface area contributed by atoms with Crippen LogP contribution in [0.2, 0.25) is 0 Å². The molecule has 0 aromatic heterocycles. The number of carbonyl (C=O) groups is 1. The number of phenols is 1. The van der Waals surface area contributed by atoms with E-state index in [9.17, 15) is 25.2 Å². The molecule has 1 aliphatic carbocycles. The molecule has 4 unspecified atom stereocenters. The van der Waals surface area contributed by atoms with Gasteiger partial charge in [-0.2, -0.15) is 0 Å². The van der Waals surface area contributed by atoms with E-state index in [1.165, 1.54) is 0 Å². The number of aliphatic carboxylic acids is 1. The van der Waals surface area contributed by atoms with Crippen molar-refractivity contribution in [2.75, 3.05) is 0 Å². The Hall–Kier alpha value is -0.850. The molecule has 1 aliphatic rings. The van der Waals surface area contributed by atoms with Crippen LogP contribution in [0.5, 0.6) is 5.75 Å². The maximum atomic E-state index is 10.4. The number of benzene rings is 1. The molecule has 0 aliphatic heterocycles. The van der Waals surface area contributed by atoms with Crippen molar-refractivity contribution in [2.45, 2.75) is 50.7 Å². The van der Waals surface area contributed by atoms with Gasteiger partial charge in [-0.1, -0.05) is 25.1 Å². The van der Waals surface area contributed by atoms with E-state index in [4.69, 9.17) is 0 Å². The molecule has 5 nitrogen and oxygen atoms in total. The summed E-state index contributed by atoms with van der Waals surface area (Å²) in [6, 6.07) is 5.30. The average Bonchev–Trinajstić information content (AvgIpc) is 2.45. The molecule has 0 bridgehead atoms. The average molecular weight is 342 g/mol. The second-order valence-corrected chi connectivity index (χ2v) is 6.33. The van der Waals surface area contributed by atoms with Crippen molar-refractivity contribution < 1.29 is 54.8 Å². The fourth-order valence-corrected chi connectivity index (χ4v) is 3.21. The van der Waals surface area contributed by atoms with Crippen LogP contribution in [0, 0.1) is 5.92 Å². The number of rotatable bonds is 7. The predicted octanol–water partition coefficient (Wildman–Crippen LogP) is -1.83. The number of fused-ring (bicyclic) bond motifs is 1. The van der Waals surface area contributed by atoms with Crippen LogP contribution in [0.1, 0.15) is 49.7 Å². The third kappa shape index (κ3) is 5.90. The molecule has 0 amide bonds. The Morgan fingerprint density at radius 1 is 1.29 bits per heavy atom. The minimum absolute atomic E-state index is 0. The molecule has 0 heterocycles. The summed E-state index contributed by atoms with van der Waals surface area (Å²) in [4.78, 5) is 10.4. The molecule has 0 saturated carbocycles. The van der Waals surface area contributed by atoms with Crippen molar-refractivity contribution >= 4 is 12.0 Å².